The summed E-state index contributed by atoms with van der Waals surface area (Å²) in [7, 11) is 1.99. The number of nitrogens with zero attached hydrogens (tertiary/aromatic N) is 2. The Kier molecular flexibility index (Phi) is 4.37. The van der Waals surface area contributed by atoms with Gasteiger partial charge in [0.2, 0.25) is 0 Å². The van der Waals surface area contributed by atoms with Crippen LogP contribution in [0.15, 0.2) is 17.8 Å². The Labute approximate surface area is 104 Å². The van der Waals surface area contributed by atoms with Crippen molar-refractivity contribution < 1.29 is 0 Å². The zero-order chi connectivity index (χ0) is 12.1. The smallest absolute Gasteiger partial charge is 0.0666 e. The Bertz CT molecular complexity index is 390. The first kappa shape index (κ1) is 12.4. The van der Waals surface area contributed by atoms with Crippen LogP contribution in [-0.4, -0.2) is 16.3 Å². The maximum Gasteiger partial charge on any atom is 0.0666 e. The molecule has 1 heterocycles. The number of hydrogen-bond acceptors (Lipinski definition) is 2. The van der Waals surface area contributed by atoms with Crippen LogP contribution in [0, 0.1) is 0 Å². The van der Waals surface area contributed by atoms with E-state index in [0.29, 0.717) is 0 Å². The Hall–Kier alpha value is -1.09. The van der Waals surface area contributed by atoms with Gasteiger partial charge in [-0.25, -0.2) is 0 Å². The van der Waals surface area contributed by atoms with Crippen LogP contribution in [0.4, 0.5) is 0 Å². The van der Waals surface area contributed by atoms with Gasteiger partial charge < -0.3 is 5.32 Å². The van der Waals surface area contributed by atoms with E-state index in [4.69, 9.17) is 0 Å². The van der Waals surface area contributed by atoms with Crippen molar-refractivity contribution in [2.24, 2.45) is 7.05 Å². The lowest BCUT2D eigenvalue weighted by Gasteiger charge is -2.05. The first-order valence-electron chi connectivity index (χ1n) is 6.69. The maximum atomic E-state index is 4.45. The third-order valence-electron chi connectivity index (χ3n) is 3.40. The molecule has 1 N–H and O–H groups in total. The Morgan fingerprint density at radius 3 is 3.06 bits per heavy atom. The summed E-state index contributed by atoms with van der Waals surface area (Å²) in [4.78, 5) is 0. The molecular formula is C14H23N3. The second-order valence-corrected chi connectivity index (χ2v) is 4.81. The van der Waals surface area contributed by atoms with Crippen LogP contribution in [0.2, 0.25) is 0 Å². The molecule has 0 aromatic carbocycles. The molecule has 2 rings (SSSR count). The predicted octanol–water partition coefficient (Wildman–Crippen LogP) is 2.57. The maximum absolute atomic E-state index is 4.45. The molecule has 0 unspecified atom stereocenters. The van der Waals surface area contributed by atoms with Crippen LogP contribution in [0.25, 0.3) is 0 Å². The highest BCUT2D eigenvalue weighted by Crippen LogP contribution is 2.19. The summed E-state index contributed by atoms with van der Waals surface area (Å²) in [6.07, 6.45) is 10.7. The number of rotatable bonds is 6. The molecule has 1 aliphatic rings. The van der Waals surface area contributed by atoms with E-state index in [1.54, 1.807) is 5.57 Å². The molecule has 1 aromatic rings. The molecule has 0 saturated carbocycles. The summed E-state index contributed by atoms with van der Waals surface area (Å²) in [6.45, 7) is 4.20. The average Bonchev–Trinajstić information content (AvgIpc) is 2.93. The molecule has 1 aliphatic carbocycles. The SMILES string of the molecule is CCc1nn(C)cc1CNCCC1=CCCC1. The zero-order valence-corrected chi connectivity index (χ0v) is 11.0. The van der Waals surface area contributed by atoms with Crippen LogP contribution in [0.1, 0.15) is 43.9 Å². The summed E-state index contributed by atoms with van der Waals surface area (Å²) >= 11 is 0. The van der Waals surface area contributed by atoms with Gasteiger partial charge in [0.25, 0.3) is 0 Å². The zero-order valence-electron chi connectivity index (χ0n) is 11.0. The lowest BCUT2D eigenvalue weighted by molar-refractivity contribution is 0.672. The van der Waals surface area contributed by atoms with Gasteiger partial charge in [0.1, 0.15) is 0 Å². The molecule has 0 amide bonds. The minimum atomic E-state index is 0.949. The summed E-state index contributed by atoms with van der Waals surface area (Å²) in [5.41, 5.74) is 4.20. The Balaban J connectivity index is 1.73. The molecule has 0 bridgehead atoms. The monoisotopic (exact) mass is 233 g/mol. The van der Waals surface area contributed by atoms with E-state index in [0.717, 1.165) is 19.5 Å². The number of aromatic nitrogens is 2. The highest BCUT2D eigenvalue weighted by molar-refractivity contribution is 5.16. The lowest BCUT2D eigenvalue weighted by atomic mass is 10.1. The second kappa shape index (κ2) is 6.01. The van der Waals surface area contributed by atoms with Gasteiger partial charge in [0.05, 0.1) is 5.69 Å². The molecule has 0 atom stereocenters. The van der Waals surface area contributed by atoms with Crippen molar-refractivity contribution in [3.05, 3.63) is 29.1 Å². The van der Waals surface area contributed by atoms with Crippen LogP contribution >= 0.6 is 0 Å². The van der Waals surface area contributed by atoms with Gasteiger partial charge in [-0.15, -0.1) is 0 Å². The molecule has 3 nitrogen and oxygen atoms in total. The van der Waals surface area contributed by atoms with Gasteiger partial charge in [-0.05, 0) is 38.6 Å². The largest absolute Gasteiger partial charge is 0.312 e. The Morgan fingerprint density at radius 1 is 1.47 bits per heavy atom. The first-order valence-corrected chi connectivity index (χ1v) is 6.69. The van der Waals surface area contributed by atoms with E-state index >= 15 is 0 Å². The van der Waals surface area contributed by atoms with Crippen molar-refractivity contribution in [2.75, 3.05) is 6.54 Å². The van der Waals surface area contributed by atoms with Gasteiger partial charge in [-0.3, -0.25) is 4.68 Å². The standard InChI is InChI=1S/C14H23N3/c1-3-14-13(11-17(2)16-14)10-15-9-8-12-6-4-5-7-12/h6,11,15H,3-5,7-10H2,1-2H3. The topological polar surface area (TPSA) is 29.9 Å². The van der Waals surface area contributed by atoms with Crippen molar-refractivity contribution in [3.8, 4) is 0 Å². The summed E-state index contributed by atoms with van der Waals surface area (Å²) < 4.78 is 1.91. The molecule has 0 radical (unpaired) electrons. The molecule has 1 aromatic heterocycles. The minimum absolute atomic E-state index is 0.949. The quantitative estimate of drug-likeness (QED) is 0.604. The van der Waals surface area contributed by atoms with E-state index in [1.165, 1.54) is 36.9 Å². The van der Waals surface area contributed by atoms with Gasteiger partial charge in [-0.1, -0.05) is 18.6 Å². The molecule has 3 heteroatoms. The number of aryl methyl sites for hydroxylation is 2. The number of hydrogen-bond donors (Lipinski definition) is 1. The van der Waals surface area contributed by atoms with E-state index in [-0.39, 0.29) is 0 Å². The van der Waals surface area contributed by atoms with Gasteiger partial charge in [-0.2, -0.15) is 5.10 Å². The summed E-state index contributed by atoms with van der Waals surface area (Å²) in [5.74, 6) is 0. The molecule has 0 fully saturated rings. The molecular weight excluding hydrogens is 210 g/mol. The fourth-order valence-corrected chi connectivity index (χ4v) is 2.47. The van der Waals surface area contributed by atoms with Crippen LogP contribution < -0.4 is 5.32 Å². The summed E-state index contributed by atoms with van der Waals surface area (Å²) in [6, 6.07) is 0. The third kappa shape index (κ3) is 3.43. The third-order valence-corrected chi connectivity index (χ3v) is 3.40. The molecule has 0 spiro atoms. The normalized spacial score (nSPS) is 15.3. The highest BCUT2D eigenvalue weighted by atomic mass is 15.3. The van der Waals surface area contributed by atoms with Gasteiger partial charge >= 0.3 is 0 Å². The number of nitrogens with one attached hydrogen (secondary N) is 1. The minimum Gasteiger partial charge on any atom is -0.312 e. The van der Waals surface area contributed by atoms with Gasteiger partial charge in [0.15, 0.2) is 0 Å². The van der Waals surface area contributed by atoms with Crippen molar-refractivity contribution in [2.45, 2.75) is 45.6 Å². The van der Waals surface area contributed by atoms with Crippen molar-refractivity contribution in [1.82, 2.24) is 15.1 Å². The van der Waals surface area contributed by atoms with E-state index in [9.17, 15) is 0 Å². The van der Waals surface area contributed by atoms with Gasteiger partial charge in [0, 0.05) is 25.4 Å². The summed E-state index contributed by atoms with van der Waals surface area (Å²) in [5, 5.41) is 7.97. The Morgan fingerprint density at radius 2 is 2.35 bits per heavy atom. The second-order valence-electron chi connectivity index (χ2n) is 4.81. The van der Waals surface area contributed by atoms with Crippen molar-refractivity contribution in [3.63, 3.8) is 0 Å². The van der Waals surface area contributed by atoms with E-state index in [2.05, 4.69) is 29.6 Å². The van der Waals surface area contributed by atoms with Crippen molar-refractivity contribution >= 4 is 0 Å². The van der Waals surface area contributed by atoms with Crippen LogP contribution in [-0.2, 0) is 20.0 Å². The molecule has 0 saturated heterocycles. The highest BCUT2D eigenvalue weighted by Gasteiger charge is 2.06. The molecule has 94 valence electrons. The average molecular weight is 233 g/mol. The molecule has 17 heavy (non-hydrogen) atoms. The number of allylic oxidation sites excluding steroid dienone is 1. The fourth-order valence-electron chi connectivity index (χ4n) is 2.47. The predicted molar refractivity (Wildman–Crippen MR) is 70.8 cm³/mol. The van der Waals surface area contributed by atoms with Crippen molar-refractivity contribution in [1.29, 1.82) is 0 Å². The van der Waals surface area contributed by atoms with Crippen LogP contribution in [0.5, 0.6) is 0 Å². The molecule has 0 aliphatic heterocycles. The van der Waals surface area contributed by atoms with E-state index in [1.807, 2.05) is 11.7 Å². The first-order chi connectivity index (χ1) is 8.29. The lowest BCUT2D eigenvalue weighted by Crippen LogP contribution is -2.15. The van der Waals surface area contributed by atoms with Crippen LogP contribution in [0.3, 0.4) is 0 Å². The fraction of sp³-hybridized carbons (Fsp3) is 0.643. The van der Waals surface area contributed by atoms with E-state index < -0.39 is 0 Å².